The zero-order valence-electron chi connectivity index (χ0n) is 16.6. The number of thioether (sulfide) groups is 1. The van der Waals surface area contributed by atoms with Crippen LogP contribution in [0, 0.1) is 13.8 Å². The molecule has 2 aromatic rings. The predicted molar refractivity (Wildman–Crippen MR) is 111 cm³/mol. The Kier molecular flexibility index (Phi) is 5.83. The van der Waals surface area contributed by atoms with E-state index in [1.807, 2.05) is 19.9 Å². The van der Waals surface area contributed by atoms with E-state index >= 15 is 0 Å². The summed E-state index contributed by atoms with van der Waals surface area (Å²) in [6.45, 7) is 5.57. The van der Waals surface area contributed by atoms with Gasteiger partial charge in [0.25, 0.3) is 0 Å². The second-order valence-corrected chi connectivity index (χ2v) is 10.4. The Morgan fingerprint density at radius 1 is 1.24 bits per heavy atom. The van der Waals surface area contributed by atoms with E-state index in [2.05, 4.69) is 9.55 Å². The van der Waals surface area contributed by atoms with E-state index in [0.29, 0.717) is 37.4 Å². The molecule has 0 amide bonds. The molecule has 9 heteroatoms. The van der Waals surface area contributed by atoms with Crippen LogP contribution in [-0.4, -0.2) is 60.1 Å². The molecule has 0 aromatic carbocycles. The maximum Gasteiger partial charge on any atom is 0.244 e. The van der Waals surface area contributed by atoms with Crippen LogP contribution in [0.15, 0.2) is 34.3 Å². The summed E-state index contributed by atoms with van der Waals surface area (Å²) in [5.74, 6) is 0.346. The fraction of sp³-hybridized carbons (Fsp3) is 0.500. The Labute approximate surface area is 175 Å². The standard InChI is InChI=1S/C20H25N3O4S2/c1-14-11-18(15(2)23(14)16-3-4-16)19(24)13-28-20-6-5-17(12-21-20)29(25,26)22-7-9-27-10-8-22/h5-6,11-12,16H,3-4,7-10,13H2,1-2H3. The van der Waals surface area contributed by atoms with Crippen LogP contribution in [0.3, 0.4) is 0 Å². The van der Waals surface area contributed by atoms with E-state index in [1.54, 1.807) is 12.1 Å². The van der Waals surface area contributed by atoms with Gasteiger partial charge in [-0.25, -0.2) is 13.4 Å². The molecule has 2 aromatic heterocycles. The van der Waals surface area contributed by atoms with Crippen molar-refractivity contribution < 1.29 is 17.9 Å². The number of pyridine rings is 1. The van der Waals surface area contributed by atoms with E-state index in [-0.39, 0.29) is 16.4 Å². The smallest absolute Gasteiger partial charge is 0.244 e. The predicted octanol–water partition coefficient (Wildman–Crippen LogP) is 2.83. The maximum absolute atomic E-state index is 12.7. The number of rotatable bonds is 7. The van der Waals surface area contributed by atoms with Crippen LogP contribution in [0.5, 0.6) is 0 Å². The van der Waals surface area contributed by atoms with E-state index in [0.717, 1.165) is 17.0 Å². The molecular weight excluding hydrogens is 410 g/mol. The Balaban J connectivity index is 1.40. The van der Waals surface area contributed by atoms with Crippen molar-refractivity contribution in [1.29, 1.82) is 0 Å². The van der Waals surface area contributed by atoms with E-state index in [9.17, 15) is 13.2 Å². The number of ketones is 1. The Hall–Kier alpha value is -1.68. The number of sulfonamides is 1. The van der Waals surface area contributed by atoms with Crippen molar-refractivity contribution >= 4 is 27.6 Å². The highest BCUT2D eigenvalue weighted by Gasteiger charge is 2.29. The second kappa shape index (κ2) is 8.22. The van der Waals surface area contributed by atoms with Gasteiger partial charge in [0.1, 0.15) is 4.90 Å². The lowest BCUT2D eigenvalue weighted by Crippen LogP contribution is -2.40. The van der Waals surface area contributed by atoms with Crippen LogP contribution in [0.1, 0.15) is 40.6 Å². The van der Waals surface area contributed by atoms with E-state index in [4.69, 9.17) is 4.74 Å². The number of carbonyl (C=O) groups excluding carboxylic acids is 1. The molecule has 1 aliphatic heterocycles. The molecule has 0 spiro atoms. The summed E-state index contributed by atoms with van der Waals surface area (Å²) in [5, 5.41) is 0.635. The number of morpholine rings is 1. The summed E-state index contributed by atoms with van der Waals surface area (Å²) in [6, 6.07) is 5.75. The van der Waals surface area contributed by atoms with Gasteiger partial charge in [-0.1, -0.05) is 11.8 Å². The highest BCUT2D eigenvalue weighted by Crippen LogP contribution is 2.38. The molecule has 0 bridgehead atoms. The first-order chi connectivity index (χ1) is 13.9. The highest BCUT2D eigenvalue weighted by molar-refractivity contribution is 7.99. The first-order valence-corrected chi connectivity index (χ1v) is 12.2. The summed E-state index contributed by atoms with van der Waals surface area (Å²) in [7, 11) is -3.55. The van der Waals surface area contributed by atoms with Crippen molar-refractivity contribution in [2.75, 3.05) is 32.1 Å². The summed E-state index contributed by atoms with van der Waals surface area (Å²) >= 11 is 1.33. The van der Waals surface area contributed by atoms with Crippen molar-refractivity contribution in [2.45, 2.75) is 42.7 Å². The zero-order valence-corrected chi connectivity index (χ0v) is 18.3. The summed E-state index contributed by atoms with van der Waals surface area (Å²) in [6.07, 6.45) is 3.74. The number of aryl methyl sites for hydroxylation is 1. The molecule has 29 heavy (non-hydrogen) atoms. The molecule has 0 atom stereocenters. The molecule has 156 valence electrons. The molecule has 3 heterocycles. The minimum atomic E-state index is -3.55. The van der Waals surface area contributed by atoms with Crippen molar-refractivity contribution in [3.05, 3.63) is 41.3 Å². The van der Waals surface area contributed by atoms with Gasteiger partial charge in [0.05, 0.1) is 24.0 Å². The average Bonchev–Trinajstić information content (AvgIpc) is 3.51. The van der Waals surface area contributed by atoms with Gasteiger partial charge in [-0.05, 0) is 44.9 Å². The minimum Gasteiger partial charge on any atom is -0.379 e. The summed E-state index contributed by atoms with van der Waals surface area (Å²) < 4.78 is 34.2. The Bertz CT molecular complexity index is 1010. The molecule has 1 saturated carbocycles. The maximum atomic E-state index is 12.7. The van der Waals surface area contributed by atoms with Gasteiger partial charge in [-0.2, -0.15) is 4.31 Å². The zero-order chi connectivity index (χ0) is 20.6. The minimum absolute atomic E-state index is 0.0711. The van der Waals surface area contributed by atoms with Crippen molar-refractivity contribution in [1.82, 2.24) is 13.9 Å². The molecule has 1 aliphatic carbocycles. The third-order valence-electron chi connectivity index (χ3n) is 5.36. The number of carbonyl (C=O) groups is 1. The van der Waals surface area contributed by atoms with E-state index in [1.165, 1.54) is 35.1 Å². The number of aromatic nitrogens is 2. The normalized spacial score (nSPS) is 18.1. The molecule has 2 fully saturated rings. The summed E-state index contributed by atoms with van der Waals surface area (Å²) in [4.78, 5) is 17.1. The average molecular weight is 436 g/mol. The van der Waals surface area contributed by atoms with Crippen molar-refractivity contribution in [3.63, 3.8) is 0 Å². The van der Waals surface area contributed by atoms with Crippen LogP contribution in [0.4, 0.5) is 0 Å². The van der Waals surface area contributed by atoms with Gasteiger partial charge in [-0.15, -0.1) is 0 Å². The first-order valence-electron chi connectivity index (χ1n) is 9.76. The molecule has 0 radical (unpaired) electrons. The number of ether oxygens (including phenoxy) is 1. The molecule has 4 rings (SSSR count). The number of hydrogen-bond donors (Lipinski definition) is 0. The monoisotopic (exact) mass is 435 g/mol. The van der Waals surface area contributed by atoms with Gasteiger partial charge in [0, 0.05) is 42.3 Å². The SMILES string of the molecule is Cc1cc(C(=O)CSc2ccc(S(=O)(=O)N3CCOCC3)cn2)c(C)n1C1CC1. The molecule has 7 nitrogen and oxygen atoms in total. The van der Waals surface area contributed by atoms with E-state index < -0.39 is 10.0 Å². The lowest BCUT2D eigenvalue weighted by molar-refractivity contribution is 0.0730. The molecule has 1 saturated heterocycles. The Morgan fingerprint density at radius 2 is 1.97 bits per heavy atom. The van der Waals surface area contributed by atoms with Crippen molar-refractivity contribution in [2.24, 2.45) is 0 Å². The highest BCUT2D eigenvalue weighted by atomic mass is 32.2. The summed E-state index contributed by atoms with van der Waals surface area (Å²) in [5.41, 5.74) is 2.94. The topological polar surface area (TPSA) is 81.5 Å². The fourth-order valence-corrected chi connectivity index (χ4v) is 5.79. The molecule has 2 aliphatic rings. The largest absolute Gasteiger partial charge is 0.379 e. The second-order valence-electron chi connectivity index (χ2n) is 7.45. The first kappa shape index (κ1) is 20.6. The molecule has 0 unspecified atom stereocenters. The lowest BCUT2D eigenvalue weighted by atomic mass is 10.2. The molecule has 0 N–H and O–H groups in total. The Morgan fingerprint density at radius 3 is 2.59 bits per heavy atom. The van der Waals surface area contributed by atoms with Gasteiger partial charge in [0.2, 0.25) is 10.0 Å². The van der Waals surface area contributed by atoms with Gasteiger partial charge in [-0.3, -0.25) is 4.79 Å². The number of nitrogens with zero attached hydrogens (tertiary/aromatic N) is 3. The van der Waals surface area contributed by atoms with Gasteiger partial charge < -0.3 is 9.30 Å². The van der Waals surface area contributed by atoms with Crippen LogP contribution in [-0.2, 0) is 14.8 Å². The molecular formula is C20H25N3O4S2. The van der Waals surface area contributed by atoms with Gasteiger partial charge in [0.15, 0.2) is 5.78 Å². The van der Waals surface area contributed by atoms with Gasteiger partial charge >= 0.3 is 0 Å². The fourth-order valence-electron chi connectivity index (χ4n) is 3.71. The van der Waals surface area contributed by atoms with Crippen LogP contribution in [0.25, 0.3) is 0 Å². The number of hydrogen-bond acceptors (Lipinski definition) is 6. The van der Waals surface area contributed by atoms with Crippen LogP contribution < -0.4 is 0 Å². The third-order valence-corrected chi connectivity index (χ3v) is 8.19. The van der Waals surface area contributed by atoms with Crippen LogP contribution in [0.2, 0.25) is 0 Å². The third kappa shape index (κ3) is 4.28. The number of Topliss-reactive ketones (excluding diaryl/α,β-unsaturated/α-hetero) is 1. The van der Waals surface area contributed by atoms with Crippen molar-refractivity contribution in [3.8, 4) is 0 Å². The lowest BCUT2D eigenvalue weighted by Gasteiger charge is -2.25. The quantitative estimate of drug-likeness (QED) is 0.491. The van der Waals surface area contributed by atoms with Crippen LogP contribution >= 0.6 is 11.8 Å².